The summed E-state index contributed by atoms with van der Waals surface area (Å²) in [6.45, 7) is 5.90. The number of amides is 3. The zero-order chi connectivity index (χ0) is 26.8. The van der Waals surface area contributed by atoms with Crippen molar-refractivity contribution in [3.8, 4) is 0 Å². The number of nitrogens with one attached hydrogen (secondary N) is 4. The molecule has 2 aliphatic rings. The smallest absolute Gasteiger partial charge is 0.256 e. The quantitative estimate of drug-likeness (QED) is 0.362. The number of nitrogens with zero attached hydrogens (tertiary/aromatic N) is 1. The Balaban J connectivity index is 1.19. The van der Waals surface area contributed by atoms with Gasteiger partial charge in [-0.15, -0.1) is 0 Å². The first-order valence-corrected chi connectivity index (χ1v) is 12.6. The topological polar surface area (TPSA) is 106 Å². The lowest BCUT2D eigenvalue weighted by atomic mass is 10.0. The number of aryl methyl sites for hydroxylation is 1. The summed E-state index contributed by atoms with van der Waals surface area (Å²) < 4.78 is 13.8. The van der Waals surface area contributed by atoms with E-state index >= 15 is 0 Å². The molecule has 3 amide bonds. The third kappa shape index (κ3) is 5.38. The molecule has 1 aromatic heterocycles. The lowest BCUT2D eigenvalue weighted by Gasteiger charge is -2.17. The number of halogens is 1. The number of benzene rings is 2. The fourth-order valence-electron chi connectivity index (χ4n) is 5.17. The number of likely N-dealkylation sites (tertiary alicyclic amines) is 1. The predicted molar refractivity (Wildman–Crippen MR) is 144 cm³/mol. The number of fused-ring (bicyclic) bond motifs is 1. The standard InChI is InChI=1S/C29H30FN5O3/c1-17-25(13-23-22-12-20(30)8-9-24(22)34-28(23)37)32-18(2)27(17)29(38)31-14-26(36)33-21-10-11-35(16-21)15-19-6-4-3-5-7-19/h3-9,12-13,21,32H,10-11,14-16H2,1-2H3,(H,31,38)(H,33,36)(H,34,37)/b23-13-. The van der Waals surface area contributed by atoms with Crippen LogP contribution in [-0.2, 0) is 16.1 Å². The third-order valence-electron chi connectivity index (χ3n) is 7.05. The minimum Gasteiger partial charge on any atom is -0.358 e. The Labute approximate surface area is 220 Å². The second-order valence-electron chi connectivity index (χ2n) is 9.82. The number of anilines is 1. The number of carbonyl (C=O) groups is 3. The van der Waals surface area contributed by atoms with Gasteiger partial charge in [0.05, 0.1) is 17.7 Å². The minimum atomic E-state index is -0.439. The SMILES string of the molecule is Cc1[nH]c(/C=C2\C(=O)Nc3ccc(F)cc32)c(C)c1C(=O)NCC(=O)NC1CCN(Cc2ccccc2)C1. The molecule has 1 saturated heterocycles. The predicted octanol–water partition coefficient (Wildman–Crippen LogP) is 3.38. The molecule has 0 bridgehead atoms. The summed E-state index contributed by atoms with van der Waals surface area (Å²) in [4.78, 5) is 43.4. The summed E-state index contributed by atoms with van der Waals surface area (Å²) in [5.41, 5.74) is 4.80. The van der Waals surface area contributed by atoms with Crippen LogP contribution in [0.4, 0.5) is 10.1 Å². The summed E-state index contributed by atoms with van der Waals surface area (Å²) >= 11 is 0. The van der Waals surface area contributed by atoms with Crippen LogP contribution in [-0.4, -0.2) is 53.3 Å². The number of aromatic amines is 1. The highest BCUT2D eigenvalue weighted by atomic mass is 19.1. The fourth-order valence-corrected chi connectivity index (χ4v) is 5.17. The Hall–Kier alpha value is -4.24. The first kappa shape index (κ1) is 25.4. The summed E-state index contributed by atoms with van der Waals surface area (Å²) in [6.07, 6.45) is 2.48. The number of aromatic nitrogens is 1. The van der Waals surface area contributed by atoms with E-state index in [-0.39, 0.29) is 30.3 Å². The lowest BCUT2D eigenvalue weighted by Crippen LogP contribution is -2.43. The number of hydrogen-bond donors (Lipinski definition) is 4. The van der Waals surface area contributed by atoms with E-state index in [1.165, 1.54) is 23.8 Å². The van der Waals surface area contributed by atoms with Crippen LogP contribution in [0.3, 0.4) is 0 Å². The van der Waals surface area contributed by atoms with Gasteiger partial charge in [-0.2, -0.15) is 0 Å². The molecular weight excluding hydrogens is 485 g/mol. The normalized spacial score (nSPS) is 17.9. The molecule has 5 rings (SSSR count). The molecule has 8 nitrogen and oxygen atoms in total. The molecule has 9 heteroatoms. The van der Waals surface area contributed by atoms with Gasteiger partial charge in [0.25, 0.3) is 11.8 Å². The molecule has 0 radical (unpaired) electrons. The Kier molecular flexibility index (Phi) is 7.11. The lowest BCUT2D eigenvalue weighted by molar-refractivity contribution is -0.120. The van der Waals surface area contributed by atoms with E-state index < -0.39 is 5.82 Å². The third-order valence-corrected chi connectivity index (χ3v) is 7.05. The van der Waals surface area contributed by atoms with E-state index in [4.69, 9.17) is 0 Å². The molecule has 2 aliphatic heterocycles. The van der Waals surface area contributed by atoms with Crippen LogP contribution < -0.4 is 16.0 Å². The van der Waals surface area contributed by atoms with Crippen LogP contribution in [0.1, 0.15) is 44.9 Å². The van der Waals surface area contributed by atoms with Crippen molar-refractivity contribution in [1.82, 2.24) is 20.5 Å². The maximum absolute atomic E-state index is 13.8. The molecule has 0 aliphatic carbocycles. The summed E-state index contributed by atoms with van der Waals surface area (Å²) in [7, 11) is 0. The van der Waals surface area contributed by atoms with E-state index in [1.807, 2.05) is 18.2 Å². The van der Waals surface area contributed by atoms with Crippen LogP contribution in [0, 0.1) is 19.7 Å². The molecule has 0 saturated carbocycles. The summed E-state index contributed by atoms with van der Waals surface area (Å²) in [5.74, 6) is -1.39. The van der Waals surface area contributed by atoms with E-state index in [1.54, 1.807) is 19.9 Å². The van der Waals surface area contributed by atoms with E-state index in [2.05, 4.69) is 38.0 Å². The number of carbonyl (C=O) groups excluding carboxylic acids is 3. The molecule has 1 unspecified atom stereocenters. The van der Waals surface area contributed by atoms with E-state index in [9.17, 15) is 18.8 Å². The van der Waals surface area contributed by atoms with Gasteiger partial charge >= 0.3 is 0 Å². The largest absolute Gasteiger partial charge is 0.358 e. The molecule has 4 N–H and O–H groups in total. The zero-order valence-corrected chi connectivity index (χ0v) is 21.4. The second kappa shape index (κ2) is 10.6. The van der Waals surface area contributed by atoms with Crippen LogP contribution in [0.2, 0.25) is 0 Å². The van der Waals surface area contributed by atoms with Crippen molar-refractivity contribution in [3.63, 3.8) is 0 Å². The van der Waals surface area contributed by atoms with E-state index in [0.717, 1.165) is 26.1 Å². The van der Waals surface area contributed by atoms with Gasteiger partial charge in [0.2, 0.25) is 5.91 Å². The molecule has 2 aromatic carbocycles. The van der Waals surface area contributed by atoms with Crippen molar-refractivity contribution < 1.29 is 18.8 Å². The molecule has 38 heavy (non-hydrogen) atoms. The van der Waals surface area contributed by atoms with Gasteiger partial charge in [-0.3, -0.25) is 19.3 Å². The molecule has 196 valence electrons. The van der Waals surface area contributed by atoms with Crippen molar-refractivity contribution >= 4 is 35.1 Å². The minimum absolute atomic E-state index is 0.0438. The van der Waals surface area contributed by atoms with Crippen molar-refractivity contribution in [1.29, 1.82) is 0 Å². The highest BCUT2D eigenvalue weighted by Crippen LogP contribution is 2.34. The van der Waals surface area contributed by atoms with Gasteiger partial charge in [0.1, 0.15) is 5.82 Å². The maximum Gasteiger partial charge on any atom is 0.256 e. The highest BCUT2D eigenvalue weighted by Gasteiger charge is 2.27. The van der Waals surface area contributed by atoms with Crippen LogP contribution in [0.5, 0.6) is 0 Å². The van der Waals surface area contributed by atoms with Crippen molar-refractivity contribution in [2.75, 3.05) is 25.0 Å². The zero-order valence-electron chi connectivity index (χ0n) is 21.4. The molecule has 3 heterocycles. The van der Waals surface area contributed by atoms with Crippen LogP contribution in [0.25, 0.3) is 11.6 Å². The summed E-state index contributed by atoms with van der Waals surface area (Å²) in [5, 5.41) is 8.45. The first-order chi connectivity index (χ1) is 18.3. The Morgan fingerprint density at radius 3 is 2.74 bits per heavy atom. The van der Waals surface area contributed by atoms with E-state index in [0.29, 0.717) is 39.3 Å². The molecule has 3 aromatic rings. The Morgan fingerprint density at radius 1 is 1.16 bits per heavy atom. The van der Waals surface area contributed by atoms with Crippen molar-refractivity contribution in [3.05, 3.63) is 88.0 Å². The van der Waals surface area contributed by atoms with Gasteiger partial charge < -0.3 is 20.9 Å². The number of rotatable bonds is 7. The van der Waals surface area contributed by atoms with Gasteiger partial charge in [-0.05, 0) is 55.7 Å². The average molecular weight is 516 g/mol. The van der Waals surface area contributed by atoms with Crippen molar-refractivity contribution in [2.24, 2.45) is 0 Å². The average Bonchev–Trinajstić information content (AvgIpc) is 3.54. The summed E-state index contributed by atoms with van der Waals surface area (Å²) in [6, 6.07) is 14.4. The maximum atomic E-state index is 13.8. The number of hydrogen-bond acceptors (Lipinski definition) is 4. The monoisotopic (exact) mass is 515 g/mol. The number of H-pyrrole nitrogens is 1. The van der Waals surface area contributed by atoms with Crippen molar-refractivity contribution in [2.45, 2.75) is 32.9 Å². The van der Waals surface area contributed by atoms with Crippen LogP contribution in [0.15, 0.2) is 48.5 Å². The van der Waals surface area contributed by atoms with Gasteiger partial charge in [0, 0.05) is 48.3 Å². The molecule has 0 spiro atoms. The van der Waals surface area contributed by atoms with Gasteiger partial charge in [-0.25, -0.2) is 4.39 Å². The van der Waals surface area contributed by atoms with Gasteiger partial charge in [0.15, 0.2) is 0 Å². The highest BCUT2D eigenvalue weighted by molar-refractivity contribution is 6.34. The molecular formula is C29H30FN5O3. The molecule has 1 atom stereocenters. The van der Waals surface area contributed by atoms with Gasteiger partial charge in [-0.1, -0.05) is 30.3 Å². The first-order valence-electron chi connectivity index (χ1n) is 12.6. The van der Waals surface area contributed by atoms with Crippen LogP contribution >= 0.6 is 0 Å². The Morgan fingerprint density at radius 2 is 1.95 bits per heavy atom. The second-order valence-corrected chi connectivity index (χ2v) is 9.82. The fraction of sp³-hybridized carbons (Fsp3) is 0.276. The Bertz CT molecular complexity index is 1430. The molecule has 1 fully saturated rings.